The molecule has 0 bridgehead atoms. The van der Waals surface area contributed by atoms with Crippen molar-refractivity contribution in [2.75, 3.05) is 23.3 Å². The minimum Gasteiger partial charge on any atom is -0.322 e. The lowest BCUT2D eigenvalue weighted by Gasteiger charge is -2.16. The van der Waals surface area contributed by atoms with Crippen molar-refractivity contribution in [3.8, 4) is 0 Å². The van der Waals surface area contributed by atoms with Gasteiger partial charge in [0.2, 0.25) is 10.0 Å². The zero-order valence-corrected chi connectivity index (χ0v) is 18.9. The second-order valence-electron chi connectivity index (χ2n) is 8.13. The third-order valence-electron chi connectivity index (χ3n) is 5.96. The lowest BCUT2D eigenvalue weighted by atomic mass is 10.1. The van der Waals surface area contributed by atoms with Crippen molar-refractivity contribution < 1.29 is 22.8 Å². The molecule has 1 fully saturated rings. The van der Waals surface area contributed by atoms with Crippen LogP contribution in [0.3, 0.4) is 0 Å². The molecule has 0 atom stereocenters. The zero-order valence-electron chi connectivity index (χ0n) is 18.1. The fraction of sp³-hybridized carbons (Fsp3) is 0.160. The number of rotatable bonds is 5. The van der Waals surface area contributed by atoms with E-state index in [9.17, 15) is 22.8 Å². The van der Waals surface area contributed by atoms with E-state index in [4.69, 9.17) is 0 Å². The minimum atomic E-state index is -3.62. The molecule has 0 spiro atoms. The van der Waals surface area contributed by atoms with E-state index in [0.29, 0.717) is 29.9 Å². The van der Waals surface area contributed by atoms with Crippen molar-refractivity contribution in [1.29, 1.82) is 0 Å². The first-order valence-corrected chi connectivity index (χ1v) is 12.3. The lowest BCUT2D eigenvalue weighted by molar-refractivity contribution is 0.0924. The maximum Gasteiger partial charge on any atom is 0.266 e. The molecule has 0 radical (unpaired) electrons. The van der Waals surface area contributed by atoms with Gasteiger partial charge in [-0.3, -0.25) is 14.4 Å². The van der Waals surface area contributed by atoms with Crippen LogP contribution < -0.4 is 10.2 Å². The van der Waals surface area contributed by atoms with Gasteiger partial charge in [0.1, 0.15) is 0 Å². The number of fused-ring (bicyclic) bond motifs is 1. The molecule has 1 saturated heterocycles. The van der Waals surface area contributed by atoms with Gasteiger partial charge in [-0.05, 0) is 61.4 Å². The molecular weight excluding hydrogens is 454 g/mol. The largest absolute Gasteiger partial charge is 0.322 e. The van der Waals surface area contributed by atoms with E-state index in [0.717, 1.165) is 17.7 Å². The second-order valence-corrected chi connectivity index (χ2v) is 10.1. The minimum absolute atomic E-state index is 0.118. The summed E-state index contributed by atoms with van der Waals surface area (Å²) in [7, 11) is -3.62. The molecule has 2 aliphatic rings. The summed E-state index contributed by atoms with van der Waals surface area (Å²) in [5, 5.41) is 2.71. The summed E-state index contributed by atoms with van der Waals surface area (Å²) >= 11 is 0. The monoisotopic (exact) mass is 475 g/mol. The number of nitrogens with zero attached hydrogens (tertiary/aromatic N) is 2. The first kappa shape index (κ1) is 22.0. The summed E-state index contributed by atoms with van der Waals surface area (Å²) in [6.07, 6.45) is 1.66. The van der Waals surface area contributed by atoms with Crippen LogP contribution in [0.4, 0.5) is 11.4 Å². The number of benzene rings is 3. The topological polar surface area (TPSA) is 104 Å². The fourth-order valence-corrected chi connectivity index (χ4v) is 5.79. The van der Waals surface area contributed by atoms with Gasteiger partial charge in [0.05, 0.1) is 21.7 Å². The lowest BCUT2D eigenvalue weighted by Crippen LogP contribution is -2.29. The van der Waals surface area contributed by atoms with Gasteiger partial charge < -0.3 is 5.32 Å². The summed E-state index contributed by atoms with van der Waals surface area (Å²) in [5.74, 6) is -1.38. The van der Waals surface area contributed by atoms with Crippen LogP contribution in [0.25, 0.3) is 0 Å². The van der Waals surface area contributed by atoms with Gasteiger partial charge in [0.15, 0.2) is 0 Å². The van der Waals surface area contributed by atoms with Crippen LogP contribution in [0.1, 0.15) is 43.9 Å². The molecule has 0 saturated carbocycles. The molecule has 3 amide bonds. The quantitative estimate of drug-likeness (QED) is 0.569. The van der Waals surface area contributed by atoms with Crippen LogP contribution in [0.2, 0.25) is 0 Å². The van der Waals surface area contributed by atoms with Crippen molar-refractivity contribution in [1.82, 2.24) is 4.31 Å². The zero-order chi connectivity index (χ0) is 23.9. The Labute approximate surface area is 196 Å². The van der Waals surface area contributed by atoms with Crippen LogP contribution in [-0.2, 0) is 10.0 Å². The van der Waals surface area contributed by atoms with Crippen molar-refractivity contribution in [2.45, 2.75) is 17.7 Å². The van der Waals surface area contributed by atoms with Crippen LogP contribution in [0.5, 0.6) is 0 Å². The normalized spacial score (nSPS) is 16.1. The Morgan fingerprint density at radius 1 is 0.794 bits per heavy atom. The maximum absolute atomic E-state index is 12.9. The Bertz CT molecular complexity index is 1390. The van der Waals surface area contributed by atoms with Gasteiger partial charge in [-0.15, -0.1) is 0 Å². The van der Waals surface area contributed by atoms with Crippen LogP contribution in [0, 0.1) is 0 Å². The van der Waals surface area contributed by atoms with E-state index in [1.54, 1.807) is 54.6 Å². The number of imide groups is 1. The van der Waals surface area contributed by atoms with Gasteiger partial charge in [-0.2, -0.15) is 4.31 Å². The predicted molar refractivity (Wildman–Crippen MR) is 126 cm³/mol. The predicted octanol–water partition coefficient (Wildman–Crippen LogP) is 3.52. The van der Waals surface area contributed by atoms with E-state index < -0.39 is 27.7 Å². The van der Waals surface area contributed by atoms with Crippen molar-refractivity contribution in [3.05, 3.63) is 89.5 Å². The number of nitrogens with one attached hydrogen (secondary N) is 1. The van der Waals surface area contributed by atoms with E-state index in [1.807, 2.05) is 0 Å². The molecule has 34 heavy (non-hydrogen) atoms. The van der Waals surface area contributed by atoms with Crippen LogP contribution in [-0.4, -0.2) is 43.5 Å². The molecule has 3 aromatic carbocycles. The summed E-state index contributed by atoms with van der Waals surface area (Å²) < 4.78 is 27.1. The van der Waals surface area contributed by atoms with E-state index >= 15 is 0 Å². The second kappa shape index (κ2) is 8.51. The Kier molecular flexibility index (Phi) is 5.51. The molecule has 3 aromatic rings. The Morgan fingerprint density at radius 3 is 2.12 bits per heavy atom. The molecule has 0 aromatic heterocycles. The fourth-order valence-electron chi connectivity index (χ4n) is 4.23. The third-order valence-corrected chi connectivity index (χ3v) is 7.85. The van der Waals surface area contributed by atoms with Gasteiger partial charge in [0, 0.05) is 24.3 Å². The van der Waals surface area contributed by atoms with E-state index in [1.165, 1.54) is 22.5 Å². The highest BCUT2D eigenvalue weighted by atomic mass is 32.2. The number of carbonyl (C=O) groups excluding carboxylic acids is 3. The van der Waals surface area contributed by atoms with Crippen LogP contribution in [0.15, 0.2) is 77.7 Å². The van der Waals surface area contributed by atoms with Gasteiger partial charge in [0.25, 0.3) is 17.7 Å². The molecule has 2 heterocycles. The molecule has 172 valence electrons. The number of hydrogen-bond donors (Lipinski definition) is 1. The number of anilines is 2. The Hall–Kier alpha value is -3.82. The molecule has 9 heteroatoms. The highest BCUT2D eigenvalue weighted by Crippen LogP contribution is 2.29. The summed E-state index contributed by atoms with van der Waals surface area (Å²) in [6.45, 7) is 0.979. The molecular formula is C25H21N3O5S. The van der Waals surface area contributed by atoms with Crippen LogP contribution >= 0.6 is 0 Å². The number of hydrogen-bond acceptors (Lipinski definition) is 5. The number of sulfonamides is 1. The smallest absolute Gasteiger partial charge is 0.266 e. The van der Waals surface area contributed by atoms with Gasteiger partial charge in [-0.25, -0.2) is 13.3 Å². The molecule has 0 aliphatic carbocycles. The third kappa shape index (κ3) is 3.78. The first-order chi connectivity index (χ1) is 16.4. The maximum atomic E-state index is 12.9. The number of amides is 3. The molecule has 5 rings (SSSR count). The average molecular weight is 476 g/mol. The SMILES string of the molecule is O=C(Nc1cccc(S(=O)(=O)N2CCCC2)c1)c1cccc(N2C(=O)c3ccccc3C2=O)c1. The summed E-state index contributed by atoms with van der Waals surface area (Å²) in [5.41, 5.74) is 1.47. The van der Waals surface area contributed by atoms with Crippen molar-refractivity contribution >= 4 is 39.1 Å². The standard InChI is InChI=1S/C25H21N3O5S/c29-23(26-18-8-6-10-20(16-18)34(32,33)27-13-3-4-14-27)17-7-5-9-19(15-17)28-24(30)21-11-1-2-12-22(21)25(28)31/h1-2,5-12,15-16H,3-4,13-14H2,(H,26,29). The summed E-state index contributed by atoms with van der Waals surface area (Å²) in [6, 6.07) is 18.9. The first-order valence-electron chi connectivity index (χ1n) is 10.9. The molecule has 1 N–H and O–H groups in total. The molecule has 2 aliphatic heterocycles. The highest BCUT2D eigenvalue weighted by molar-refractivity contribution is 7.89. The molecule has 0 unspecified atom stereocenters. The Balaban J connectivity index is 1.38. The van der Waals surface area contributed by atoms with Gasteiger partial charge >= 0.3 is 0 Å². The average Bonchev–Trinajstić information content (AvgIpc) is 3.48. The van der Waals surface area contributed by atoms with Gasteiger partial charge in [-0.1, -0.05) is 24.3 Å². The van der Waals surface area contributed by atoms with Crippen molar-refractivity contribution in [3.63, 3.8) is 0 Å². The number of carbonyl (C=O) groups is 3. The van der Waals surface area contributed by atoms with E-state index in [2.05, 4.69) is 5.32 Å². The van der Waals surface area contributed by atoms with Crippen molar-refractivity contribution in [2.24, 2.45) is 0 Å². The van der Waals surface area contributed by atoms with E-state index in [-0.39, 0.29) is 16.1 Å². The molecule has 8 nitrogen and oxygen atoms in total. The summed E-state index contributed by atoms with van der Waals surface area (Å²) in [4.78, 5) is 39.6. The highest BCUT2D eigenvalue weighted by Gasteiger charge is 2.36. The Morgan fingerprint density at radius 2 is 1.44 bits per heavy atom.